The van der Waals surface area contributed by atoms with Crippen LogP contribution in [-0.2, 0) is 22.5 Å². The van der Waals surface area contributed by atoms with Gasteiger partial charge in [-0.1, -0.05) is 42.5 Å². The molecule has 138 valence electrons. The molecule has 0 bridgehead atoms. The molecule has 2 aromatic carbocycles. The Morgan fingerprint density at radius 2 is 1.88 bits per heavy atom. The quantitative estimate of drug-likeness (QED) is 0.828. The Morgan fingerprint density at radius 3 is 2.62 bits per heavy atom. The van der Waals surface area contributed by atoms with Gasteiger partial charge in [0.2, 0.25) is 0 Å². The molecule has 0 saturated carbocycles. The maximum Gasteiger partial charge on any atom is 0.310 e. The van der Waals surface area contributed by atoms with E-state index >= 15 is 0 Å². The Labute approximate surface area is 154 Å². The van der Waals surface area contributed by atoms with E-state index in [0.29, 0.717) is 26.4 Å². The second kappa shape index (κ2) is 9.36. The first kappa shape index (κ1) is 18.4. The monoisotopic (exact) mass is 355 g/mol. The average Bonchev–Trinajstić information content (AvgIpc) is 2.90. The first-order valence-electron chi connectivity index (χ1n) is 8.99. The highest BCUT2D eigenvalue weighted by Gasteiger charge is 2.24. The molecule has 26 heavy (non-hydrogen) atoms. The lowest BCUT2D eigenvalue weighted by Gasteiger charge is -2.21. The number of carboxylic acids is 1. The molecule has 3 rings (SSSR count). The molecule has 5 nitrogen and oxygen atoms in total. The lowest BCUT2D eigenvalue weighted by molar-refractivity contribution is -0.143. The van der Waals surface area contributed by atoms with Crippen molar-refractivity contribution in [2.24, 2.45) is 5.92 Å². The van der Waals surface area contributed by atoms with Gasteiger partial charge in [0.05, 0.1) is 25.7 Å². The Bertz CT molecular complexity index is 687. The molecule has 1 aliphatic rings. The second-order valence-electron chi connectivity index (χ2n) is 6.57. The summed E-state index contributed by atoms with van der Waals surface area (Å²) in [5, 5.41) is 9.23. The van der Waals surface area contributed by atoms with E-state index in [0.717, 1.165) is 30.8 Å². The van der Waals surface area contributed by atoms with Gasteiger partial charge in [0.15, 0.2) is 0 Å². The van der Waals surface area contributed by atoms with E-state index in [4.69, 9.17) is 9.47 Å². The van der Waals surface area contributed by atoms with E-state index in [1.165, 1.54) is 5.56 Å². The molecule has 1 unspecified atom stereocenters. The standard InChI is InChI=1S/C21H25NO4/c23-21(24)19-15-22(11-13-25-16-19)14-18-6-8-20(9-7-18)26-12-10-17-4-2-1-3-5-17/h1-9,19H,10-16H2,(H,23,24). The minimum Gasteiger partial charge on any atom is -0.493 e. The summed E-state index contributed by atoms with van der Waals surface area (Å²) in [7, 11) is 0. The Hall–Kier alpha value is -2.37. The van der Waals surface area contributed by atoms with Gasteiger partial charge >= 0.3 is 5.97 Å². The minimum atomic E-state index is -0.793. The summed E-state index contributed by atoms with van der Waals surface area (Å²) in [6.45, 7) is 3.50. The van der Waals surface area contributed by atoms with Gasteiger partial charge in [0.25, 0.3) is 0 Å². The molecule has 0 aliphatic carbocycles. The zero-order valence-corrected chi connectivity index (χ0v) is 14.8. The van der Waals surface area contributed by atoms with Crippen LogP contribution < -0.4 is 4.74 Å². The van der Waals surface area contributed by atoms with Gasteiger partial charge in [0, 0.05) is 26.1 Å². The van der Waals surface area contributed by atoms with Gasteiger partial charge in [-0.05, 0) is 23.3 Å². The smallest absolute Gasteiger partial charge is 0.310 e. The number of carbonyl (C=O) groups is 1. The topological polar surface area (TPSA) is 59.0 Å². The predicted molar refractivity (Wildman–Crippen MR) is 99.3 cm³/mol. The molecule has 0 amide bonds. The third-order valence-corrected chi connectivity index (χ3v) is 4.53. The number of hydrogen-bond donors (Lipinski definition) is 1. The molecular formula is C21H25NO4. The van der Waals surface area contributed by atoms with E-state index < -0.39 is 11.9 Å². The van der Waals surface area contributed by atoms with Crippen LogP contribution in [0.15, 0.2) is 54.6 Å². The SMILES string of the molecule is O=C(O)C1COCCN(Cc2ccc(OCCc3ccccc3)cc2)C1. The summed E-state index contributed by atoms with van der Waals surface area (Å²) in [4.78, 5) is 13.4. The maximum absolute atomic E-state index is 11.2. The fourth-order valence-corrected chi connectivity index (χ4v) is 3.05. The molecule has 1 fully saturated rings. The van der Waals surface area contributed by atoms with E-state index in [1.807, 2.05) is 42.5 Å². The maximum atomic E-state index is 11.2. The lowest BCUT2D eigenvalue weighted by atomic mass is 10.1. The number of benzene rings is 2. The van der Waals surface area contributed by atoms with Crippen LogP contribution >= 0.6 is 0 Å². The van der Waals surface area contributed by atoms with Crippen molar-refractivity contribution in [3.8, 4) is 5.75 Å². The van der Waals surface area contributed by atoms with Crippen molar-refractivity contribution in [2.45, 2.75) is 13.0 Å². The zero-order chi connectivity index (χ0) is 18.2. The van der Waals surface area contributed by atoms with Crippen molar-refractivity contribution < 1.29 is 19.4 Å². The van der Waals surface area contributed by atoms with Crippen molar-refractivity contribution in [3.63, 3.8) is 0 Å². The summed E-state index contributed by atoms with van der Waals surface area (Å²) >= 11 is 0. The van der Waals surface area contributed by atoms with Gasteiger partial charge < -0.3 is 14.6 Å². The van der Waals surface area contributed by atoms with Crippen molar-refractivity contribution >= 4 is 5.97 Å². The zero-order valence-electron chi connectivity index (χ0n) is 14.8. The summed E-state index contributed by atoms with van der Waals surface area (Å²) in [5.41, 5.74) is 2.41. The van der Waals surface area contributed by atoms with Gasteiger partial charge in [-0.25, -0.2) is 0 Å². The van der Waals surface area contributed by atoms with Crippen molar-refractivity contribution in [1.29, 1.82) is 0 Å². The number of nitrogens with zero attached hydrogens (tertiary/aromatic N) is 1. The van der Waals surface area contributed by atoms with E-state index in [2.05, 4.69) is 17.0 Å². The normalized spacial score (nSPS) is 18.2. The number of carboxylic acid groups (broad SMARTS) is 1. The fourth-order valence-electron chi connectivity index (χ4n) is 3.05. The van der Waals surface area contributed by atoms with Crippen LogP contribution in [0.3, 0.4) is 0 Å². The average molecular weight is 355 g/mol. The number of hydrogen-bond acceptors (Lipinski definition) is 4. The van der Waals surface area contributed by atoms with Gasteiger partial charge in [0.1, 0.15) is 5.75 Å². The molecule has 0 radical (unpaired) electrons. The largest absolute Gasteiger partial charge is 0.493 e. The molecular weight excluding hydrogens is 330 g/mol. The molecule has 0 spiro atoms. The third-order valence-electron chi connectivity index (χ3n) is 4.53. The van der Waals surface area contributed by atoms with Crippen LogP contribution in [0.1, 0.15) is 11.1 Å². The Kier molecular flexibility index (Phi) is 6.63. The van der Waals surface area contributed by atoms with Crippen molar-refractivity contribution in [3.05, 3.63) is 65.7 Å². The van der Waals surface area contributed by atoms with Crippen LogP contribution in [0.5, 0.6) is 5.75 Å². The number of ether oxygens (including phenoxy) is 2. The predicted octanol–water partition coefficient (Wildman–Crippen LogP) is 2.84. The number of aliphatic carboxylic acids is 1. The molecule has 1 atom stereocenters. The summed E-state index contributed by atoms with van der Waals surface area (Å²) < 4.78 is 11.2. The van der Waals surface area contributed by atoms with Crippen LogP contribution in [-0.4, -0.2) is 48.9 Å². The molecule has 1 aliphatic heterocycles. The first-order valence-corrected chi connectivity index (χ1v) is 8.99. The first-order chi connectivity index (χ1) is 12.7. The molecule has 1 saturated heterocycles. The number of rotatable bonds is 7. The second-order valence-corrected chi connectivity index (χ2v) is 6.57. The highest BCUT2D eigenvalue weighted by molar-refractivity contribution is 5.70. The Morgan fingerprint density at radius 1 is 1.12 bits per heavy atom. The lowest BCUT2D eigenvalue weighted by Crippen LogP contribution is -2.33. The van der Waals surface area contributed by atoms with Crippen LogP contribution in [0.4, 0.5) is 0 Å². The van der Waals surface area contributed by atoms with E-state index in [1.54, 1.807) is 0 Å². The van der Waals surface area contributed by atoms with E-state index in [-0.39, 0.29) is 0 Å². The van der Waals surface area contributed by atoms with Gasteiger partial charge in [-0.15, -0.1) is 0 Å². The van der Waals surface area contributed by atoms with Crippen molar-refractivity contribution in [2.75, 3.05) is 32.9 Å². The van der Waals surface area contributed by atoms with Gasteiger partial charge in [-0.2, -0.15) is 0 Å². The van der Waals surface area contributed by atoms with Crippen LogP contribution in [0, 0.1) is 5.92 Å². The molecule has 5 heteroatoms. The van der Waals surface area contributed by atoms with Crippen LogP contribution in [0.2, 0.25) is 0 Å². The third kappa shape index (κ3) is 5.58. The minimum absolute atomic E-state index is 0.292. The fraction of sp³-hybridized carbons (Fsp3) is 0.381. The van der Waals surface area contributed by atoms with Crippen molar-refractivity contribution in [1.82, 2.24) is 4.90 Å². The molecule has 1 N–H and O–H groups in total. The molecule has 0 aromatic heterocycles. The van der Waals surface area contributed by atoms with Crippen LogP contribution in [0.25, 0.3) is 0 Å². The molecule has 1 heterocycles. The summed E-state index contributed by atoms with van der Waals surface area (Å²) in [6, 6.07) is 18.3. The Balaban J connectivity index is 1.48. The summed E-state index contributed by atoms with van der Waals surface area (Å²) in [5.74, 6) is -0.399. The van der Waals surface area contributed by atoms with Gasteiger partial charge in [-0.3, -0.25) is 9.69 Å². The van der Waals surface area contributed by atoms with E-state index in [9.17, 15) is 9.90 Å². The molecule has 2 aromatic rings. The summed E-state index contributed by atoms with van der Waals surface area (Å²) in [6.07, 6.45) is 0.882. The highest BCUT2D eigenvalue weighted by Crippen LogP contribution is 2.16. The highest BCUT2D eigenvalue weighted by atomic mass is 16.5.